The minimum absolute atomic E-state index is 0.0198. The summed E-state index contributed by atoms with van der Waals surface area (Å²) in [5, 5.41) is 18.5. The van der Waals surface area contributed by atoms with Crippen LogP contribution in [0, 0.1) is 5.41 Å². The Morgan fingerprint density at radius 2 is 2.22 bits per heavy atom. The van der Waals surface area contributed by atoms with E-state index in [2.05, 4.69) is 10.3 Å². The molecule has 1 heterocycles. The molecule has 96 valence electrons. The lowest BCUT2D eigenvalue weighted by molar-refractivity contribution is -0.134. The lowest BCUT2D eigenvalue weighted by Crippen LogP contribution is -2.25. The van der Waals surface area contributed by atoms with Gasteiger partial charge in [0.15, 0.2) is 0 Å². The van der Waals surface area contributed by atoms with Crippen molar-refractivity contribution in [1.29, 1.82) is 5.41 Å². The van der Waals surface area contributed by atoms with Gasteiger partial charge in [0, 0.05) is 5.56 Å². The molecule has 0 spiro atoms. The molecule has 5 N–H and O–H groups in total. The summed E-state index contributed by atoms with van der Waals surface area (Å²) >= 11 is 0. The summed E-state index contributed by atoms with van der Waals surface area (Å²) in [6.07, 6.45) is 1.16. The highest BCUT2D eigenvalue weighted by Gasteiger charge is 2.15. The van der Waals surface area contributed by atoms with Crippen molar-refractivity contribution >= 4 is 23.3 Å². The number of amides is 1. The molecular weight excluding hydrogens is 243 g/mol. The molecular formula is C10H11FN4O3. The number of carboxylic acid groups (broad SMARTS) is 1. The van der Waals surface area contributed by atoms with E-state index in [1.54, 1.807) is 0 Å². The Morgan fingerprint density at radius 3 is 2.72 bits per heavy atom. The van der Waals surface area contributed by atoms with Crippen LogP contribution in [0.4, 0.5) is 10.1 Å². The van der Waals surface area contributed by atoms with Gasteiger partial charge in [0.25, 0.3) is 5.91 Å². The van der Waals surface area contributed by atoms with Gasteiger partial charge in [-0.15, -0.1) is 0 Å². The van der Waals surface area contributed by atoms with Crippen LogP contribution in [0.25, 0.3) is 0 Å². The first-order valence-electron chi connectivity index (χ1n) is 4.85. The number of anilines is 1. The normalized spacial score (nSPS) is 9.83. The molecule has 1 aromatic rings. The van der Waals surface area contributed by atoms with Crippen molar-refractivity contribution in [2.24, 2.45) is 5.73 Å². The number of carbonyl (C=O) groups excluding carboxylic acids is 1. The minimum atomic E-state index is -1.12. The number of aromatic nitrogens is 1. The Bertz CT molecular complexity index is 504. The van der Waals surface area contributed by atoms with Crippen molar-refractivity contribution in [3.63, 3.8) is 0 Å². The number of hydrogen-bond donors (Lipinski definition) is 4. The van der Waals surface area contributed by atoms with Crippen LogP contribution in [0.5, 0.6) is 0 Å². The molecule has 0 atom stereocenters. The Morgan fingerprint density at radius 1 is 1.56 bits per heavy atom. The van der Waals surface area contributed by atoms with E-state index in [9.17, 15) is 14.0 Å². The summed E-state index contributed by atoms with van der Waals surface area (Å²) in [6.45, 7) is -1.28. The molecule has 0 aromatic carbocycles. The number of hydrogen-bond acceptors (Lipinski definition) is 5. The van der Waals surface area contributed by atoms with Crippen LogP contribution in [0.2, 0.25) is 0 Å². The second-order valence-electron chi connectivity index (χ2n) is 3.34. The number of primary amides is 1. The van der Waals surface area contributed by atoms with Gasteiger partial charge in [-0.25, -0.2) is 4.39 Å². The Balaban J connectivity index is 3.11. The smallest absolute Gasteiger partial charge is 0.322 e. The molecule has 0 bridgehead atoms. The van der Waals surface area contributed by atoms with Gasteiger partial charge in [0.05, 0.1) is 17.6 Å². The zero-order chi connectivity index (χ0) is 13.7. The topological polar surface area (TPSA) is 129 Å². The van der Waals surface area contributed by atoms with Crippen LogP contribution < -0.4 is 11.1 Å². The van der Waals surface area contributed by atoms with Crippen LogP contribution in [-0.4, -0.2) is 34.2 Å². The SMILES string of the molecule is N=C(C(N)=O)c1cc(CF)ncc1NCC(=O)O. The highest BCUT2D eigenvalue weighted by Crippen LogP contribution is 2.16. The molecule has 0 unspecified atom stereocenters. The van der Waals surface area contributed by atoms with Crippen LogP contribution in [0.1, 0.15) is 11.3 Å². The van der Waals surface area contributed by atoms with Gasteiger partial charge in [-0.2, -0.15) is 0 Å². The summed E-state index contributed by atoms with van der Waals surface area (Å²) in [6, 6.07) is 1.18. The predicted octanol–water partition coefficient (Wildman–Crippen LogP) is -0.0992. The van der Waals surface area contributed by atoms with Gasteiger partial charge in [0.2, 0.25) is 0 Å². The maximum Gasteiger partial charge on any atom is 0.322 e. The number of aliphatic carboxylic acids is 1. The van der Waals surface area contributed by atoms with Gasteiger partial charge in [0.1, 0.15) is 18.9 Å². The number of nitrogens with two attached hydrogens (primary N) is 1. The number of nitrogens with one attached hydrogen (secondary N) is 2. The maximum absolute atomic E-state index is 12.5. The minimum Gasteiger partial charge on any atom is -0.480 e. The number of rotatable bonds is 6. The zero-order valence-electron chi connectivity index (χ0n) is 9.24. The van der Waals surface area contributed by atoms with E-state index >= 15 is 0 Å². The number of nitrogens with zero attached hydrogens (tertiary/aromatic N) is 1. The van der Waals surface area contributed by atoms with E-state index in [-0.39, 0.29) is 16.9 Å². The molecule has 0 aliphatic rings. The third-order valence-corrected chi connectivity index (χ3v) is 2.04. The fourth-order valence-electron chi connectivity index (χ4n) is 1.22. The maximum atomic E-state index is 12.5. The van der Waals surface area contributed by atoms with E-state index in [1.165, 1.54) is 6.07 Å². The number of alkyl halides is 1. The van der Waals surface area contributed by atoms with Gasteiger partial charge < -0.3 is 16.2 Å². The summed E-state index contributed by atoms with van der Waals surface area (Å²) < 4.78 is 12.5. The second kappa shape index (κ2) is 5.71. The number of carboxylic acids is 1. The second-order valence-corrected chi connectivity index (χ2v) is 3.34. The largest absolute Gasteiger partial charge is 0.480 e. The Labute approximate surface area is 101 Å². The standard InChI is InChI=1S/C10H11FN4O3/c11-2-5-1-6(9(12)10(13)18)7(3-14-5)15-4-8(16)17/h1,3,12,15H,2,4H2,(H2,13,18)(H,16,17). The summed E-state index contributed by atoms with van der Waals surface area (Å²) in [5.41, 5.74) is 4.60. The molecule has 0 radical (unpaired) electrons. The van der Waals surface area contributed by atoms with Crippen molar-refractivity contribution < 1.29 is 19.1 Å². The first-order valence-corrected chi connectivity index (χ1v) is 4.85. The fraction of sp³-hybridized carbons (Fsp3) is 0.200. The van der Waals surface area contributed by atoms with Crippen molar-refractivity contribution in [3.05, 3.63) is 23.5 Å². The highest BCUT2D eigenvalue weighted by molar-refractivity contribution is 6.44. The highest BCUT2D eigenvalue weighted by atomic mass is 19.1. The lowest BCUT2D eigenvalue weighted by atomic mass is 10.1. The van der Waals surface area contributed by atoms with Crippen molar-refractivity contribution in [2.75, 3.05) is 11.9 Å². The summed E-state index contributed by atoms with van der Waals surface area (Å²) in [5.74, 6) is -2.12. The van der Waals surface area contributed by atoms with Gasteiger partial charge >= 0.3 is 5.97 Å². The van der Waals surface area contributed by atoms with E-state index < -0.39 is 30.8 Å². The summed E-state index contributed by atoms with van der Waals surface area (Å²) in [7, 11) is 0. The molecule has 0 aliphatic heterocycles. The van der Waals surface area contributed by atoms with Crippen LogP contribution >= 0.6 is 0 Å². The zero-order valence-corrected chi connectivity index (χ0v) is 9.24. The number of pyridine rings is 1. The van der Waals surface area contributed by atoms with Crippen LogP contribution in [0.15, 0.2) is 12.3 Å². The van der Waals surface area contributed by atoms with Gasteiger partial charge in [-0.3, -0.25) is 20.0 Å². The number of halogens is 1. The first-order chi connectivity index (χ1) is 8.45. The van der Waals surface area contributed by atoms with Crippen molar-refractivity contribution in [2.45, 2.75) is 6.67 Å². The summed E-state index contributed by atoms with van der Waals surface area (Å²) in [4.78, 5) is 25.0. The lowest BCUT2D eigenvalue weighted by Gasteiger charge is -2.10. The van der Waals surface area contributed by atoms with Gasteiger partial charge in [-0.1, -0.05) is 0 Å². The van der Waals surface area contributed by atoms with E-state index in [0.717, 1.165) is 6.20 Å². The molecule has 7 nitrogen and oxygen atoms in total. The van der Waals surface area contributed by atoms with E-state index in [4.69, 9.17) is 16.2 Å². The average molecular weight is 254 g/mol. The molecule has 0 aliphatic carbocycles. The number of carbonyl (C=O) groups is 2. The molecule has 1 aromatic heterocycles. The molecule has 18 heavy (non-hydrogen) atoms. The third-order valence-electron chi connectivity index (χ3n) is 2.04. The van der Waals surface area contributed by atoms with Gasteiger partial charge in [-0.05, 0) is 6.07 Å². The van der Waals surface area contributed by atoms with E-state index in [1.807, 2.05) is 0 Å². The first kappa shape index (κ1) is 13.6. The molecule has 0 fully saturated rings. The Kier molecular flexibility index (Phi) is 4.30. The van der Waals surface area contributed by atoms with Crippen molar-refractivity contribution in [1.82, 2.24) is 4.98 Å². The molecule has 1 rings (SSSR count). The average Bonchev–Trinajstić information content (AvgIpc) is 2.35. The predicted molar refractivity (Wildman–Crippen MR) is 61.2 cm³/mol. The van der Waals surface area contributed by atoms with Crippen LogP contribution in [0.3, 0.4) is 0 Å². The molecule has 1 amide bonds. The Hall–Kier alpha value is -2.51. The van der Waals surface area contributed by atoms with E-state index in [0.29, 0.717) is 0 Å². The molecule has 0 saturated heterocycles. The quantitative estimate of drug-likeness (QED) is 0.527. The molecule has 0 saturated carbocycles. The third kappa shape index (κ3) is 3.24. The van der Waals surface area contributed by atoms with Crippen LogP contribution in [-0.2, 0) is 16.3 Å². The fourth-order valence-corrected chi connectivity index (χ4v) is 1.22. The molecule has 8 heteroatoms. The monoisotopic (exact) mass is 254 g/mol. The van der Waals surface area contributed by atoms with Crippen molar-refractivity contribution in [3.8, 4) is 0 Å².